The topological polar surface area (TPSA) is 67.2 Å². The maximum Gasteiger partial charge on any atom is 0.435 e. The zero-order valence-corrected chi connectivity index (χ0v) is 17.7. The number of benzene rings is 2. The molecular weight excluding hydrogens is 443 g/mol. The zero-order valence-electron chi connectivity index (χ0n) is 16.9. The number of carbonyl (C=O) groups is 1. The zero-order chi connectivity index (χ0) is 22.9. The van der Waals surface area contributed by atoms with Gasteiger partial charge in [-0.1, -0.05) is 48.7 Å². The van der Waals surface area contributed by atoms with Gasteiger partial charge in [-0.25, -0.2) is 4.68 Å². The lowest BCUT2D eigenvalue weighted by Crippen LogP contribution is -2.45. The van der Waals surface area contributed by atoms with Crippen molar-refractivity contribution in [2.45, 2.75) is 44.0 Å². The molecule has 1 unspecified atom stereocenters. The lowest BCUT2D eigenvalue weighted by Gasteiger charge is -2.28. The first-order valence-corrected chi connectivity index (χ1v) is 10.6. The average Bonchev–Trinajstić information content (AvgIpc) is 3.21. The molecule has 9 heteroatoms. The quantitative estimate of drug-likeness (QED) is 0.555. The number of aliphatic hydroxyl groups is 1. The van der Waals surface area contributed by atoms with Crippen LogP contribution in [0, 0.1) is 0 Å². The molecule has 1 fully saturated rings. The fourth-order valence-corrected chi connectivity index (χ4v) is 4.07. The Labute approximate surface area is 187 Å². The number of para-hydroxylation sites is 1. The largest absolute Gasteiger partial charge is 0.435 e. The second-order valence-electron chi connectivity index (χ2n) is 7.78. The van der Waals surface area contributed by atoms with Crippen molar-refractivity contribution in [1.82, 2.24) is 15.1 Å². The molecule has 32 heavy (non-hydrogen) atoms. The van der Waals surface area contributed by atoms with Crippen molar-refractivity contribution in [2.24, 2.45) is 0 Å². The fraction of sp³-hybridized carbons (Fsp3) is 0.304. The van der Waals surface area contributed by atoms with E-state index in [-0.39, 0.29) is 22.7 Å². The average molecular weight is 464 g/mol. The highest BCUT2D eigenvalue weighted by Gasteiger charge is 2.35. The summed E-state index contributed by atoms with van der Waals surface area (Å²) < 4.78 is 41.2. The Bertz CT molecular complexity index is 1110. The summed E-state index contributed by atoms with van der Waals surface area (Å²) in [5.41, 5.74) is 0.266. The van der Waals surface area contributed by atoms with Crippen molar-refractivity contribution in [3.05, 3.63) is 70.9 Å². The van der Waals surface area contributed by atoms with Gasteiger partial charge in [-0.3, -0.25) is 4.79 Å². The van der Waals surface area contributed by atoms with Crippen molar-refractivity contribution < 1.29 is 23.1 Å². The summed E-state index contributed by atoms with van der Waals surface area (Å²) in [7, 11) is 0. The van der Waals surface area contributed by atoms with Crippen LogP contribution in [0.15, 0.2) is 54.6 Å². The second kappa shape index (κ2) is 8.96. The Morgan fingerprint density at radius 1 is 1.09 bits per heavy atom. The standard InChI is InChI=1S/C23H21ClF3N3O2/c24-16-5-1-3-7-18(16)30-19(13-21(29-30)23(25,26)27)14-9-11-15(12-10-14)22(32)28-17-6-2-4-8-20(17)31/h1,3,5,7,9-13,17,20,31H,2,4,6,8H2,(H,28,32)/t17?,20-/m0/s1. The maximum absolute atomic E-state index is 13.4. The summed E-state index contributed by atoms with van der Waals surface area (Å²) in [6.07, 6.45) is -1.96. The third-order valence-electron chi connectivity index (χ3n) is 5.57. The summed E-state index contributed by atoms with van der Waals surface area (Å²) in [5.74, 6) is -0.335. The minimum Gasteiger partial charge on any atom is -0.391 e. The van der Waals surface area contributed by atoms with E-state index in [1.54, 1.807) is 36.4 Å². The number of nitrogens with zero attached hydrogens (tertiary/aromatic N) is 2. The van der Waals surface area contributed by atoms with E-state index >= 15 is 0 Å². The van der Waals surface area contributed by atoms with E-state index in [9.17, 15) is 23.1 Å². The molecule has 0 saturated heterocycles. The van der Waals surface area contributed by atoms with E-state index < -0.39 is 18.0 Å². The van der Waals surface area contributed by atoms with E-state index in [0.717, 1.165) is 23.6 Å². The van der Waals surface area contributed by atoms with Crippen molar-refractivity contribution in [2.75, 3.05) is 0 Å². The highest BCUT2D eigenvalue weighted by Crippen LogP contribution is 2.34. The molecule has 1 amide bonds. The SMILES string of the molecule is O=C(NC1CCCC[C@@H]1O)c1ccc(-c2cc(C(F)(F)F)nn2-c2ccccc2Cl)cc1. The first-order chi connectivity index (χ1) is 15.2. The van der Waals surface area contributed by atoms with Crippen LogP contribution in [-0.4, -0.2) is 32.9 Å². The third-order valence-corrected chi connectivity index (χ3v) is 5.89. The van der Waals surface area contributed by atoms with Gasteiger partial charge in [0.05, 0.1) is 28.5 Å². The molecule has 2 atom stereocenters. The van der Waals surface area contributed by atoms with Crippen LogP contribution in [0.3, 0.4) is 0 Å². The number of amides is 1. The Balaban J connectivity index is 1.64. The molecule has 2 N–H and O–H groups in total. The first-order valence-electron chi connectivity index (χ1n) is 10.3. The number of hydrogen-bond acceptors (Lipinski definition) is 3. The molecule has 1 saturated carbocycles. The number of nitrogens with one attached hydrogen (secondary N) is 1. The molecule has 1 heterocycles. The van der Waals surface area contributed by atoms with Crippen LogP contribution >= 0.6 is 11.6 Å². The molecule has 2 aromatic carbocycles. The van der Waals surface area contributed by atoms with Crippen LogP contribution < -0.4 is 5.32 Å². The van der Waals surface area contributed by atoms with Crippen molar-refractivity contribution in [3.63, 3.8) is 0 Å². The minimum atomic E-state index is -4.62. The number of aliphatic hydroxyl groups excluding tert-OH is 1. The number of carbonyl (C=O) groups excluding carboxylic acids is 1. The number of alkyl halides is 3. The van der Waals surface area contributed by atoms with Crippen molar-refractivity contribution >= 4 is 17.5 Å². The molecule has 5 nitrogen and oxygen atoms in total. The molecule has 0 radical (unpaired) electrons. The van der Waals surface area contributed by atoms with Crippen LogP contribution in [0.25, 0.3) is 16.9 Å². The molecule has 0 bridgehead atoms. The highest BCUT2D eigenvalue weighted by atomic mass is 35.5. The van der Waals surface area contributed by atoms with Crippen LogP contribution in [0.4, 0.5) is 13.2 Å². The van der Waals surface area contributed by atoms with Crippen LogP contribution in [0.1, 0.15) is 41.7 Å². The van der Waals surface area contributed by atoms with Crippen molar-refractivity contribution in [1.29, 1.82) is 0 Å². The van der Waals surface area contributed by atoms with Gasteiger partial charge in [0, 0.05) is 11.1 Å². The van der Waals surface area contributed by atoms with E-state index in [2.05, 4.69) is 10.4 Å². The number of aromatic nitrogens is 2. The molecule has 1 aromatic heterocycles. The molecule has 1 aliphatic rings. The van der Waals surface area contributed by atoms with Gasteiger partial charge < -0.3 is 10.4 Å². The molecule has 1 aliphatic carbocycles. The predicted molar refractivity (Wildman–Crippen MR) is 115 cm³/mol. The van der Waals surface area contributed by atoms with Gasteiger partial charge in [0.1, 0.15) is 0 Å². The Morgan fingerprint density at radius 2 is 1.78 bits per heavy atom. The molecule has 0 spiro atoms. The van der Waals surface area contributed by atoms with Gasteiger partial charge in [-0.05, 0) is 43.2 Å². The van der Waals surface area contributed by atoms with Gasteiger partial charge in [-0.15, -0.1) is 0 Å². The van der Waals surface area contributed by atoms with Crippen LogP contribution in [-0.2, 0) is 6.18 Å². The smallest absolute Gasteiger partial charge is 0.391 e. The van der Waals surface area contributed by atoms with E-state index in [0.29, 0.717) is 29.7 Å². The lowest BCUT2D eigenvalue weighted by atomic mass is 9.92. The summed E-state index contributed by atoms with van der Waals surface area (Å²) in [6, 6.07) is 13.4. The normalized spacial score (nSPS) is 19.0. The van der Waals surface area contributed by atoms with Crippen LogP contribution in [0.2, 0.25) is 5.02 Å². The summed E-state index contributed by atoms with van der Waals surface area (Å²) >= 11 is 6.20. The van der Waals surface area contributed by atoms with Gasteiger partial charge >= 0.3 is 6.18 Å². The maximum atomic E-state index is 13.4. The number of hydrogen-bond donors (Lipinski definition) is 2. The van der Waals surface area contributed by atoms with Gasteiger partial charge in [0.15, 0.2) is 5.69 Å². The van der Waals surface area contributed by atoms with Crippen LogP contribution in [0.5, 0.6) is 0 Å². The number of halogens is 4. The Morgan fingerprint density at radius 3 is 2.44 bits per heavy atom. The van der Waals surface area contributed by atoms with Crippen molar-refractivity contribution in [3.8, 4) is 16.9 Å². The van der Waals surface area contributed by atoms with Gasteiger partial charge in [0.25, 0.3) is 5.91 Å². The van der Waals surface area contributed by atoms with E-state index in [4.69, 9.17) is 11.6 Å². The van der Waals surface area contributed by atoms with Gasteiger partial charge in [0.2, 0.25) is 0 Å². The monoisotopic (exact) mass is 463 g/mol. The third kappa shape index (κ3) is 4.66. The van der Waals surface area contributed by atoms with E-state index in [1.807, 2.05) is 0 Å². The molecular formula is C23H21ClF3N3O2. The first kappa shape index (κ1) is 22.4. The summed E-state index contributed by atoms with van der Waals surface area (Å²) in [5, 5.41) is 16.9. The fourth-order valence-electron chi connectivity index (χ4n) is 3.86. The van der Waals surface area contributed by atoms with Gasteiger partial charge in [-0.2, -0.15) is 18.3 Å². The minimum absolute atomic E-state index is 0.195. The highest BCUT2D eigenvalue weighted by molar-refractivity contribution is 6.32. The molecule has 0 aliphatic heterocycles. The summed E-state index contributed by atoms with van der Waals surface area (Å²) in [6.45, 7) is 0. The predicted octanol–water partition coefficient (Wildman–Crippen LogP) is 5.24. The second-order valence-corrected chi connectivity index (χ2v) is 8.19. The lowest BCUT2D eigenvalue weighted by molar-refractivity contribution is -0.141. The van der Waals surface area contributed by atoms with E-state index in [1.165, 1.54) is 12.1 Å². The Kier molecular flexibility index (Phi) is 6.26. The number of rotatable bonds is 4. The molecule has 168 valence electrons. The molecule has 3 aromatic rings. The Hall–Kier alpha value is -2.84. The summed E-state index contributed by atoms with van der Waals surface area (Å²) in [4.78, 5) is 12.6. The molecule has 4 rings (SSSR count).